The molecule has 0 spiro atoms. The van der Waals surface area contributed by atoms with Gasteiger partial charge < -0.3 is 9.90 Å². The normalized spacial score (nSPS) is 15.2. The van der Waals surface area contributed by atoms with Crippen molar-refractivity contribution in [1.29, 1.82) is 0 Å². The Morgan fingerprint density at radius 3 is 2.32 bits per heavy atom. The number of hydrogen-bond donors (Lipinski definition) is 1. The van der Waals surface area contributed by atoms with Gasteiger partial charge in [-0.15, -0.1) is 0 Å². The largest absolute Gasteiger partial charge is 0.545 e. The number of fused-ring (bicyclic) bond motifs is 1. The number of carbonyl (C=O) groups is 2. The van der Waals surface area contributed by atoms with Crippen LogP contribution in [0.25, 0.3) is 11.3 Å². The molecule has 6 nitrogen and oxygen atoms in total. The number of rotatable bonds is 4. The number of aromatic nitrogens is 2. The van der Waals surface area contributed by atoms with Crippen molar-refractivity contribution in [2.24, 2.45) is 0 Å². The summed E-state index contributed by atoms with van der Waals surface area (Å²) in [6.45, 7) is 0. The van der Waals surface area contributed by atoms with Crippen molar-refractivity contribution in [3.8, 4) is 11.3 Å². The van der Waals surface area contributed by atoms with Crippen LogP contribution in [0.1, 0.15) is 38.0 Å². The van der Waals surface area contributed by atoms with E-state index in [-0.39, 0.29) is 17.2 Å². The summed E-state index contributed by atoms with van der Waals surface area (Å²) in [4.78, 5) is 25.9. The molecule has 7 heteroatoms. The summed E-state index contributed by atoms with van der Waals surface area (Å²) < 4.78 is 14.9. The van der Waals surface area contributed by atoms with Gasteiger partial charge in [0.05, 0.1) is 17.7 Å². The molecule has 3 aromatic carbocycles. The van der Waals surface area contributed by atoms with Crippen molar-refractivity contribution in [3.05, 3.63) is 107 Å². The Labute approximate surface area is 176 Å². The van der Waals surface area contributed by atoms with Crippen LogP contribution in [-0.4, -0.2) is 22.1 Å². The van der Waals surface area contributed by atoms with Gasteiger partial charge in [-0.2, -0.15) is 5.10 Å². The van der Waals surface area contributed by atoms with E-state index < -0.39 is 17.8 Å². The number of aromatic carboxylic acids is 1. The van der Waals surface area contributed by atoms with Gasteiger partial charge in [-0.3, -0.25) is 14.8 Å². The lowest BCUT2D eigenvalue weighted by Crippen LogP contribution is -2.30. The predicted molar refractivity (Wildman–Crippen MR) is 110 cm³/mol. The molecule has 0 unspecified atom stereocenters. The average molecular weight is 412 g/mol. The third kappa shape index (κ3) is 2.98. The monoisotopic (exact) mass is 412 g/mol. The number of aromatic amines is 1. The highest BCUT2D eigenvalue weighted by Gasteiger charge is 2.44. The number of nitrogens with zero attached hydrogens (tertiary/aromatic N) is 2. The van der Waals surface area contributed by atoms with Crippen molar-refractivity contribution in [2.45, 2.75) is 6.04 Å². The van der Waals surface area contributed by atoms with Gasteiger partial charge in [-0.05, 0) is 23.8 Å². The van der Waals surface area contributed by atoms with Crippen LogP contribution in [0.5, 0.6) is 0 Å². The van der Waals surface area contributed by atoms with Crippen LogP contribution in [0.3, 0.4) is 0 Å². The molecule has 4 aromatic rings. The lowest BCUT2D eigenvalue weighted by atomic mass is 9.95. The van der Waals surface area contributed by atoms with Crippen molar-refractivity contribution in [1.82, 2.24) is 10.2 Å². The molecular weight excluding hydrogens is 397 g/mol. The summed E-state index contributed by atoms with van der Waals surface area (Å²) in [6.07, 6.45) is 0. The minimum atomic E-state index is -1.31. The number of carbonyl (C=O) groups excluding carboxylic acids is 2. The van der Waals surface area contributed by atoms with Crippen molar-refractivity contribution in [3.63, 3.8) is 0 Å². The first-order valence-electron chi connectivity index (χ1n) is 9.59. The van der Waals surface area contributed by atoms with Gasteiger partial charge in [0.1, 0.15) is 11.5 Å². The SMILES string of the molecule is O=C([O-])c1ccc(N2C(=O)c3[nH]nc(-c4ccccc4)c3[C@H]2c2ccccc2F)cc1. The molecule has 0 fully saturated rings. The van der Waals surface area contributed by atoms with Crippen molar-refractivity contribution < 1.29 is 19.1 Å². The molecule has 152 valence electrons. The zero-order valence-electron chi connectivity index (χ0n) is 16.1. The van der Waals surface area contributed by atoms with Crippen molar-refractivity contribution >= 4 is 17.6 Å². The molecule has 1 atom stereocenters. The van der Waals surface area contributed by atoms with Crippen LogP contribution in [0, 0.1) is 5.82 Å². The second-order valence-corrected chi connectivity index (χ2v) is 7.16. The number of nitrogens with one attached hydrogen (secondary N) is 1. The summed E-state index contributed by atoms with van der Waals surface area (Å²) in [7, 11) is 0. The molecule has 2 heterocycles. The average Bonchev–Trinajstić information content (AvgIpc) is 3.34. The molecular formula is C24H15FN3O3-. The first-order valence-corrected chi connectivity index (χ1v) is 9.59. The molecule has 1 aliphatic heterocycles. The zero-order valence-corrected chi connectivity index (χ0v) is 16.1. The van der Waals surface area contributed by atoms with Crippen LogP contribution in [0.15, 0.2) is 78.9 Å². The number of carboxylic acid groups (broad SMARTS) is 1. The van der Waals surface area contributed by atoms with Crippen LogP contribution >= 0.6 is 0 Å². The molecule has 0 saturated carbocycles. The molecule has 5 rings (SSSR count). The first-order chi connectivity index (χ1) is 15.1. The summed E-state index contributed by atoms with van der Waals surface area (Å²) in [5.41, 5.74) is 2.95. The highest BCUT2D eigenvalue weighted by molar-refractivity contribution is 6.11. The third-order valence-electron chi connectivity index (χ3n) is 5.40. The van der Waals surface area contributed by atoms with Gasteiger partial charge in [0.15, 0.2) is 0 Å². The molecule has 0 radical (unpaired) electrons. The highest BCUT2D eigenvalue weighted by atomic mass is 19.1. The van der Waals surface area contributed by atoms with E-state index in [9.17, 15) is 19.1 Å². The molecule has 1 aromatic heterocycles. The smallest absolute Gasteiger partial charge is 0.277 e. The number of carboxylic acids is 1. The fraction of sp³-hybridized carbons (Fsp3) is 0.0417. The molecule has 0 aliphatic carbocycles. The van der Waals surface area contributed by atoms with Crippen molar-refractivity contribution in [2.75, 3.05) is 4.90 Å². The second-order valence-electron chi connectivity index (χ2n) is 7.16. The van der Waals surface area contributed by atoms with Gasteiger partial charge in [-0.25, -0.2) is 4.39 Å². The topological polar surface area (TPSA) is 89.1 Å². The van der Waals surface area contributed by atoms with E-state index in [2.05, 4.69) is 10.2 Å². The number of anilines is 1. The second kappa shape index (κ2) is 7.21. The minimum absolute atomic E-state index is 0.0111. The molecule has 0 bridgehead atoms. The molecule has 1 aliphatic rings. The Bertz CT molecular complexity index is 1300. The summed E-state index contributed by atoms with van der Waals surface area (Å²) >= 11 is 0. The summed E-state index contributed by atoms with van der Waals surface area (Å²) in [6, 6.07) is 20.6. The number of halogens is 1. The van der Waals surface area contributed by atoms with E-state index in [4.69, 9.17) is 0 Å². The van der Waals surface area contributed by atoms with E-state index >= 15 is 0 Å². The Balaban J connectivity index is 1.72. The Hall–Kier alpha value is -4.26. The zero-order chi connectivity index (χ0) is 21.5. The Morgan fingerprint density at radius 2 is 1.65 bits per heavy atom. The quantitative estimate of drug-likeness (QED) is 0.557. The van der Waals surface area contributed by atoms with Gasteiger partial charge in [0.2, 0.25) is 0 Å². The maximum atomic E-state index is 14.9. The molecule has 31 heavy (non-hydrogen) atoms. The fourth-order valence-corrected chi connectivity index (χ4v) is 3.98. The Kier molecular flexibility index (Phi) is 4.36. The van der Waals surface area contributed by atoms with E-state index in [1.54, 1.807) is 18.2 Å². The lowest BCUT2D eigenvalue weighted by molar-refractivity contribution is -0.255. The van der Waals surface area contributed by atoms with Crippen LogP contribution < -0.4 is 10.0 Å². The number of benzene rings is 3. The molecule has 1 amide bonds. The third-order valence-corrected chi connectivity index (χ3v) is 5.40. The van der Waals surface area contributed by atoms with E-state index in [1.807, 2.05) is 30.3 Å². The van der Waals surface area contributed by atoms with Crippen LogP contribution in [0.2, 0.25) is 0 Å². The number of H-pyrrole nitrogens is 1. The minimum Gasteiger partial charge on any atom is -0.545 e. The summed E-state index contributed by atoms with van der Waals surface area (Å²) in [5.74, 6) is -2.14. The highest BCUT2D eigenvalue weighted by Crippen LogP contribution is 2.45. The van der Waals surface area contributed by atoms with E-state index in [1.165, 1.54) is 35.2 Å². The maximum Gasteiger partial charge on any atom is 0.277 e. The summed E-state index contributed by atoms with van der Waals surface area (Å²) in [5, 5.41) is 18.3. The molecule has 0 saturated heterocycles. The van der Waals surface area contributed by atoms with Crippen LogP contribution in [-0.2, 0) is 0 Å². The standard InChI is InChI=1S/C24H16FN3O3/c25-18-9-5-4-8-17(18)22-19-20(14-6-2-1-3-7-14)26-27-21(19)23(29)28(22)16-12-10-15(11-13-16)24(30)31/h1-13,22H,(H,26,27)(H,30,31)/p-1/t22-/m1/s1. The van der Waals surface area contributed by atoms with E-state index in [0.29, 0.717) is 22.5 Å². The fourth-order valence-electron chi connectivity index (χ4n) is 3.98. The van der Waals surface area contributed by atoms with Gasteiger partial charge in [0.25, 0.3) is 5.91 Å². The predicted octanol–water partition coefficient (Wildman–Crippen LogP) is 3.33. The molecule has 1 N–H and O–H groups in total. The van der Waals surface area contributed by atoms with Crippen LogP contribution in [0.4, 0.5) is 10.1 Å². The van der Waals surface area contributed by atoms with Gasteiger partial charge >= 0.3 is 0 Å². The number of hydrogen-bond acceptors (Lipinski definition) is 4. The maximum absolute atomic E-state index is 14.9. The first kappa shape index (κ1) is 18.7. The Morgan fingerprint density at radius 1 is 0.968 bits per heavy atom. The lowest BCUT2D eigenvalue weighted by Gasteiger charge is -2.27. The van der Waals surface area contributed by atoms with Gasteiger partial charge in [-0.1, -0.05) is 60.7 Å². The van der Waals surface area contributed by atoms with Gasteiger partial charge in [0, 0.05) is 22.4 Å². The number of amides is 1. The van der Waals surface area contributed by atoms with E-state index in [0.717, 1.165) is 5.56 Å².